The van der Waals surface area contributed by atoms with E-state index in [1.54, 1.807) is 10.4 Å². The van der Waals surface area contributed by atoms with E-state index in [2.05, 4.69) is 26.7 Å². The van der Waals surface area contributed by atoms with Gasteiger partial charge in [-0.15, -0.1) is 11.3 Å². The lowest BCUT2D eigenvalue weighted by Crippen LogP contribution is -2.39. The first-order chi connectivity index (χ1) is 12.2. The van der Waals surface area contributed by atoms with Gasteiger partial charge in [-0.2, -0.15) is 0 Å². The fraction of sp³-hybridized carbons (Fsp3) is 0.579. The molecule has 4 rings (SSSR count). The van der Waals surface area contributed by atoms with Crippen LogP contribution in [0.3, 0.4) is 0 Å². The molecular formula is C19H26N4S2. The smallest absolute Gasteiger partial charge is 0.174 e. The molecule has 0 saturated heterocycles. The minimum absolute atomic E-state index is 0.893. The minimum Gasteiger partial charge on any atom is -0.344 e. The number of thiophene rings is 1. The number of nitrogens with one attached hydrogen (secondary N) is 1. The van der Waals surface area contributed by atoms with Crippen LogP contribution in [0.25, 0.3) is 0 Å². The molecule has 6 heteroatoms. The summed E-state index contributed by atoms with van der Waals surface area (Å²) in [7, 11) is 0. The largest absolute Gasteiger partial charge is 0.344 e. The van der Waals surface area contributed by atoms with E-state index in [4.69, 9.17) is 12.2 Å². The summed E-state index contributed by atoms with van der Waals surface area (Å²) in [5.41, 5.74) is 4.38. The van der Waals surface area contributed by atoms with Crippen molar-refractivity contribution in [3.05, 3.63) is 34.2 Å². The normalized spacial score (nSPS) is 17.5. The predicted octanol–water partition coefficient (Wildman–Crippen LogP) is 4.51. The molecule has 0 radical (unpaired) electrons. The van der Waals surface area contributed by atoms with E-state index in [0.29, 0.717) is 0 Å². The molecule has 0 atom stereocenters. The highest BCUT2D eigenvalue weighted by Crippen LogP contribution is 2.39. The van der Waals surface area contributed by atoms with Crippen molar-refractivity contribution >= 4 is 33.7 Å². The van der Waals surface area contributed by atoms with E-state index in [9.17, 15) is 0 Å². The number of fused-ring (bicyclic) bond motifs is 3. The van der Waals surface area contributed by atoms with Gasteiger partial charge < -0.3 is 14.8 Å². The summed E-state index contributed by atoms with van der Waals surface area (Å²) in [4.78, 5) is 8.15. The first kappa shape index (κ1) is 17.0. The Morgan fingerprint density at radius 1 is 1.16 bits per heavy atom. The molecule has 1 aliphatic carbocycles. The Kier molecular flexibility index (Phi) is 5.08. The summed E-state index contributed by atoms with van der Waals surface area (Å²) >= 11 is 7.59. The van der Waals surface area contributed by atoms with Crippen LogP contribution in [0.2, 0.25) is 0 Å². The number of imidazole rings is 1. The topological polar surface area (TPSA) is 33.1 Å². The summed E-state index contributed by atoms with van der Waals surface area (Å²) < 4.78 is 2.21. The number of hydrogen-bond donors (Lipinski definition) is 1. The Balaban J connectivity index is 1.44. The molecule has 0 fully saturated rings. The summed E-state index contributed by atoms with van der Waals surface area (Å²) in [6.45, 7) is 5.08. The van der Waals surface area contributed by atoms with Crippen molar-refractivity contribution in [2.45, 2.75) is 65.0 Å². The molecule has 2 aromatic heterocycles. The van der Waals surface area contributed by atoms with E-state index in [1.165, 1.54) is 54.8 Å². The molecule has 0 amide bonds. The van der Waals surface area contributed by atoms with Crippen LogP contribution in [-0.2, 0) is 25.9 Å². The predicted molar refractivity (Wildman–Crippen MR) is 108 cm³/mol. The van der Waals surface area contributed by atoms with Crippen LogP contribution >= 0.6 is 23.6 Å². The third kappa shape index (κ3) is 3.60. The molecule has 0 aromatic carbocycles. The lowest BCUT2D eigenvalue weighted by molar-refractivity contribution is 0.390. The van der Waals surface area contributed by atoms with Gasteiger partial charge in [0, 0.05) is 42.0 Å². The third-order valence-corrected chi connectivity index (χ3v) is 6.99. The third-order valence-electron chi connectivity index (χ3n) is 5.38. The average molecular weight is 375 g/mol. The summed E-state index contributed by atoms with van der Waals surface area (Å²) in [5, 5.41) is 5.73. The van der Waals surface area contributed by atoms with Crippen LogP contribution in [0, 0.1) is 6.92 Å². The van der Waals surface area contributed by atoms with Crippen molar-refractivity contribution in [1.82, 2.24) is 14.5 Å². The van der Waals surface area contributed by atoms with E-state index in [-0.39, 0.29) is 0 Å². The van der Waals surface area contributed by atoms with Crippen molar-refractivity contribution in [2.75, 3.05) is 11.9 Å². The molecule has 1 aliphatic heterocycles. The van der Waals surface area contributed by atoms with Crippen LogP contribution in [-0.4, -0.2) is 26.1 Å². The molecule has 4 nitrogen and oxygen atoms in total. The van der Waals surface area contributed by atoms with Crippen molar-refractivity contribution in [2.24, 2.45) is 0 Å². The second kappa shape index (κ2) is 7.46. The second-order valence-electron chi connectivity index (χ2n) is 7.16. The van der Waals surface area contributed by atoms with Crippen LogP contribution in [0.1, 0.15) is 53.8 Å². The van der Waals surface area contributed by atoms with Gasteiger partial charge >= 0.3 is 0 Å². The minimum atomic E-state index is 0.893. The molecular weight excluding hydrogens is 348 g/mol. The first-order valence-corrected chi connectivity index (χ1v) is 10.6. The highest BCUT2D eigenvalue weighted by atomic mass is 32.1. The molecule has 134 valence electrons. The Morgan fingerprint density at radius 2 is 2.00 bits per heavy atom. The van der Waals surface area contributed by atoms with Gasteiger partial charge in [-0.05, 0) is 56.8 Å². The van der Waals surface area contributed by atoms with Crippen LogP contribution in [0.15, 0.2) is 12.5 Å². The van der Waals surface area contributed by atoms with Crippen molar-refractivity contribution in [3.63, 3.8) is 0 Å². The zero-order valence-electron chi connectivity index (χ0n) is 14.9. The molecule has 3 heterocycles. The van der Waals surface area contributed by atoms with E-state index in [0.717, 1.165) is 31.2 Å². The Bertz CT molecular complexity index is 762. The SMILES string of the molecule is Cc1cncn1CCCN1Cc2c(sc3c2CCCCCC3)NC1=S. The molecule has 0 unspecified atom stereocenters. The molecule has 0 spiro atoms. The zero-order valence-corrected chi connectivity index (χ0v) is 16.5. The summed E-state index contributed by atoms with van der Waals surface area (Å²) in [6.07, 6.45) is 12.9. The number of aryl methyl sites for hydroxylation is 3. The summed E-state index contributed by atoms with van der Waals surface area (Å²) in [5.74, 6) is 0. The fourth-order valence-corrected chi connectivity index (χ4v) is 5.55. The monoisotopic (exact) mass is 374 g/mol. The van der Waals surface area contributed by atoms with Crippen LogP contribution in [0.4, 0.5) is 5.00 Å². The van der Waals surface area contributed by atoms with Gasteiger partial charge in [0.15, 0.2) is 5.11 Å². The van der Waals surface area contributed by atoms with Gasteiger partial charge in [-0.25, -0.2) is 4.98 Å². The van der Waals surface area contributed by atoms with E-state index >= 15 is 0 Å². The fourth-order valence-electron chi connectivity index (χ4n) is 3.93. The zero-order chi connectivity index (χ0) is 17.2. The molecule has 25 heavy (non-hydrogen) atoms. The number of aromatic nitrogens is 2. The number of anilines is 1. The Morgan fingerprint density at radius 3 is 2.80 bits per heavy atom. The lowest BCUT2D eigenvalue weighted by Gasteiger charge is -2.31. The van der Waals surface area contributed by atoms with Crippen molar-refractivity contribution in [1.29, 1.82) is 0 Å². The highest BCUT2D eigenvalue weighted by molar-refractivity contribution is 7.80. The van der Waals surface area contributed by atoms with Crippen LogP contribution < -0.4 is 5.32 Å². The highest BCUT2D eigenvalue weighted by Gasteiger charge is 2.26. The quantitative estimate of drug-likeness (QED) is 0.798. The Labute approximate surface area is 159 Å². The van der Waals surface area contributed by atoms with E-state index in [1.807, 2.05) is 23.9 Å². The maximum absolute atomic E-state index is 5.64. The average Bonchev–Trinajstić information content (AvgIpc) is 3.11. The maximum atomic E-state index is 5.64. The Hall–Kier alpha value is -1.40. The van der Waals surface area contributed by atoms with Gasteiger partial charge in [0.1, 0.15) is 5.00 Å². The van der Waals surface area contributed by atoms with Crippen molar-refractivity contribution < 1.29 is 0 Å². The number of nitrogens with zero attached hydrogens (tertiary/aromatic N) is 3. The number of hydrogen-bond acceptors (Lipinski definition) is 3. The van der Waals surface area contributed by atoms with Gasteiger partial charge in [0.25, 0.3) is 0 Å². The van der Waals surface area contributed by atoms with Crippen LogP contribution in [0.5, 0.6) is 0 Å². The second-order valence-corrected chi connectivity index (χ2v) is 8.65. The van der Waals surface area contributed by atoms with Gasteiger partial charge in [0.05, 0.1) is 6.33 Å². The molecule has 2 aromatic rings. The molecule has 1 N–H and O–H groups in total. The maximum Gasteiger partial charge on any atom is 0.174 e. The molecule has 2 aliphatic rings. The number of rotatable bonds is 4. The van der Waals surface area contributed by atoms with Gasteiger partial charge in [-0.1, -0.05) is 12.8 Å². The molecule has 0 saturated carbocycles. The lowest BCUT2D eigenvalue weighted by atomic mass is 9.96. The first-order valence-electron chi connectivity index (χ1n) is 9.38. The standard InChI is InChI=1S/C19H26N4S2/c1-14-11-20-13-23(14)10-6-9-22-12-16-15-7-4-2-3-5-8-17(15)25-18(16)21-19(22)24/h11,13H,2-10,12H2,1H3,(H,21,24). The van der Waals surface area contributed by atoms with Gasteiger partial charge in [-0.3, -0.25) is 0 Å². The summed E-state index contributed by atoms with van der Waals surface area (Å²) in [6, 6.07) is 0. The number of thiocarbonyl (C=S) groups is 1. The van der Waals surface area contributed by atoms with E-state index < -0.39 is 0 Å². The van der Waals surface area contributed by atoms with Crippen molar-refractivity contribution in [3.8, 4) is 0 Å². The molecule has 0 bridgehead atoms. The van der Waals surface area contributed by atoms with Gasteiger partial charge in [0.2, 0.25) is 0 Å².